The second-order valence-corrected chi connectivity index (χ2v) is 5.93. The standard InChI is InChI=1S/C20H24N2O4/c1-2-11-22(12-14-23)13-15-24-16-7-9-17(10-8-16)25-20-21-18-5-3-4-6-19(18)26-20/h3-10,23H,2,11-15H2,1H3. The number of fused-ring (bicyclic) bond motifs is 1. The van der Waals surface area contributed by atoms with Crippen molar-refractivity contribution in [2.75, 3.05) is 32.8 Å². The maximum absolute atomic E-state index is 9.07. The average molecular weight is 356 g/mol. The second-order valence-electron chi connectivity index (χ2n) is 5.93. The minimum atomic E-state index is 0.169. The molecule has 0 aliphatic rings. The summed E-state index contributed by atoms with van der Waals surface area (Å²) in [5, 5.41) is 9.07. The Hall–Kier alpha value is -2.57. The van der Waals surface area contributed by atoms with Gasteiger partial charge in [0.05, 0.1) is 6.61 Å². The van der Waals surface area contributed by atoms with Gasteiger partial charge in [0.2, 0.25) is 0 Å². The Labute approximate surface area is 153 Å². The van der Waals surface area contributed by atoms with Crippen LogP contribution >= 0.6 is 0 Å². The minimum absolute atomic E-state index is 0.169. The maximum Gasteiger partial charge on any atom is 0.400 e. The number of hydrogen-bond acceptors (Lipinski definition) is 6. The van der Waals surface area contributed by atoms with Gasteiger partial charge in [-0.15, -0.1) is 0 Å². The van der Waals surface area contributed by atoms with Crippen molar-refractivity contribution in [1.29, 1.82) is 0 Å². The van der Waals surface area contributed by atoms with Crippen LogP contribution in [0.4, 0.5) is 0 Å². The van der Waals surface area contributed by atoms with Crippen molar-refractivity contribution in [3.8, 4) is 17.6 Å². The van der Waals surface area contributed by atoms with Crippen LogP contribution in [0.15, 0.2) is 52.9 Å². The maximum atomic E-state index is 9.07. The van der Waals surface area contributed by atoms with Crippen molar-refractivity contribution in [3.05, 3.63) is 48.5 Å². The van der Waals surface area contributed by atoms with Gasteiger partial charge in [0.15, 0.2) is 5.58 Å². The number of ether oxygens (including phenoxy) is 2. The molecule has 26 heavy (non-hydrogen) atoms. The SMILES string of the molecule is CCCN(CCO)CCOc1ccc(Oc2nc3ccccc3o2)cc1. The van der Waals surface area contributed by atoms with E-state index in [-0.39, 0.29) is 12.7 Å². The van der Waals surface area contributed by atoms with Crippen molar-refractivity contribution >= 4 is 11.1 Å². The molecule has 138 valence electrons. The Morgan fingerprint density at radius 2 is 1.77 bits per heavy atom. The summed E-state index contributed by atoms with van der Waals surface area (Å²) in [5.74, 6) is 1.41. The largest absolute Gasteiger partial charge is 0.492 e. The molecule has 0 saturated heterocycles. The lowest BCUT2D eigenvalue weighted by Crippen LogP contribution is -2.31. The molecule has 6 heteroatoms. The highest BCUT2D eigenvalue weighted by Crippen LogP contribution is 2.26. The van der Waals surface area contributed by atoms with Crippen LogP contribution in [0.2, 0.25) is 0 Å². The summed E-state index contributed by atoms with van der Waals surface area (Å²) in [4.78, 5) is 6.47. The zero-order valence-corrected chi connectivity index (χ0v) is 14.9. The van der Waals surface area contributed by atoms with Crippen LogP contribution in [0, 0.1) is 0 Å². The number of rotatable bonds is 10. The van der Waals surface area contributed by atoms with Crippen LogP contribution < -0.4 is 9.47 Å². The monoisotopic (exact) mass is 356 g/mol. The molecule has 3 rings (SSSR count). The van der Waals surface area contributed by atoms with Crippen LogP contribution in [-0.2, 0) is 0 Å². The fourth-order valence-electron chi connectivity index (χ4n) is 2.69. The van der Waals surface area contributed by atoms with Gasteiger partial charge in [0.25, 0.3) is 0 Å². The fourth-order valence-corrected chi connectivity index (χ4v) is 2.69. The van der Waals surface area contributed by atoms with E-state index in [1.165, 1.54) is 0 Å². The molecule has 0 radical (unpaired) electrons. The van der Waals surface area contributed by atoms with Crippen molar-refractivity contribution in [3.63, 3.8) is 0 Å². The van der Waals surface area contributed by atoms with Gasteiger partial charge >= 0.3 is 6.08 Å². The summed E-state index contributed by atoms with van der Waals surface area (Å²) in [5.41, 5.74) is 1.46. The molecule has 0 bridgehead atoms. The number of aromatic nitrogens is 1. The third-order valence-electron chi connectivity index (χ3n) is 3.94. The van der Waals surface area contributed by atoms with Crippen LogP contribution in [-0.4, -0.2) is 47.8 Å². The van der Waals surface area contributed by atoms with E-state index < -0.39 is 0 Å². The molecule has 0 saturated carbocycles. The molecule has 0 atom stereocenters. The van der Waals surface area contributed by atoms with Gasteiger partial charge in [-0.05, 0) is 49.4 Å². The summed E-state index contributed by atoms with van der Waals surface area (Å²) in [7, 11) is 0. The normalized spacial score (nSPS) is 11.2. The minimum Gasteiger partial charge on any atom is -0.492 e. The van der Waals surface area contributed by atoms with Crippen LogP contribution in [0.5, 0.6) is 17.6 Å². The highest BCUT2D eigenvalue weighted by atomic mass is 16.6. The van der Waals surface area contributed by atoms with E-state index in [4.69, 9.17) is 19.0 Å². The van der Waals surface area contributed by atoms with Crippen LogP contribution in [0.3, 0.4) is 0 Å². The van der Waals surface area contributed by atoms with Gasteiger partial charge in [0.1, 0.15) is 23.6 Å². The molecule has 0 unspecified atom stereocenters. The van der Waals surface area contributed by atoms with E-state index in [1.54, 1.807) is 0 Å². The van der Waals surface area contributed by atoms with Gasteiger partial charge in [-0.1, -0.05) is 19.1 Å². The zero-order chi connectivity index (χ0) is 18.2. The Balaban J connectivity index is 1.51. The predicted molar refractivity (Wildman–Crippen MR) is 99.8 cm³/mol. The molecule has 1 aromatic heterocycles. The topological polar surface area (TPSA) is 68.0 Å². The Bertz CT molecular complexity index is 762. The summed E-state index contributed by atoms with van der Waals surface area (Å²) in [6, 6.07) is 14.9. The molecule has 2 aromatic carbocycles. The van der Waals surface area contributed by atoms with Gasteiger partial charge in [-0.25, -0.2) is 0 Å². The molecule has 1 N–H and O–H groups in total. The number of nitrogens with zero attached hydrogens (tertiary/aromatic N) is 2. The molecular weight excluding hydrogens is 332 g/mol. The Morgan fingerprint density at radius 1 is 1.00 bits per heavy atom. The summed E-state index contributed by atoms with van der Waals surface area (Å²) < 4.78 is 17.0. The van der Waals surface area contributed by atoms with E-state index in [0.29, 0.717) is 24.5 Å². The number of aliphatic hydroxyl groups excluding tert-OH is 1. The molecule has 0 fully saturated rings. The number of para-hydroxylation sites is 2. The summed E-state index contributed by atoms with van der Waals surface area (Å²) >= 11 is 0. The van der Waals surface area contributed by atoms with E-state index in [2.05, 4.69) is 16.8 Å². The molecule has 0 aliphatic heterocycles. The van der Waals surface area contributed by atoms with Crippen molar-refractivity contribution < 1.29 is 19.0 Å². The third-order valence-corrected chi connectivity index (χ3v) is 3.94. The molecular formula is C20H24N2O4. The van der Waals surface area contributed by atoms with Crippen molar-refractivity contribution in [1.82, 2.24) is 9.88 Å². The van der Waals surface area contributed by atoms with Gasteiger partial charge in [-0.3, -0.25) is 4.90 Å². The molecule has 1 heterocycles. The number of aliphatic hydroxyl groups is 1. The van der Waals surface area contributed by atoms with E-state index in [1.807, 2.05) is 48.5 Å². The molecule has 0 aliphatic carbocycles. The smallest absolute Gasteiger partial charge is 0.400 e. The molecule has 0 spiro atoms. The average Bonchev–Trinajstić information content (AvgIpc) is 3.06. The van der Waals surface area contributed by atoms with E-state index >= 15 is 0 Å². The van der Waals surface area contributed by atoms with Gasteiger partial charge < -0.3 is 19.0 Å². The first-order chi connectivity index (χ1) is 12.8. The van der Waals surface area contributed by atoms with Crippen LogP contribution in [0.25, 0.3) is 11.1 Å². The van der Waals surface area contributed by atoms with E-state index in [9.17, 15) is 0 Å². The van der Waals surface area contributed by atoms with Gasteiger partial charge in [-0.2, -0.15) is 4.98 Å². The fraction of sp³-hybridized carbons (Fsp3) is 0.350. The lowest BCUT2D eigenvalue weighted by atomic mass is 10.3. The number of benzene rings is 2. The quantitative estimate of drug-likeness (QED) is 0.597. The van der Waals surface area contributed by atoms with Crippen molar-refractivity contribution in [2.24, 2.45) is 0 Å². The predicted octanol–water partition coefficient (Wildman–Crippen LogP) is 3.70. The number of hydrogen-bond donors (Lipinski definition) is 1. The van der Waals surface area contributed by atoms with E-state index in [0.717, 1.165) is 30.8 Å². The Morgan fingerprint density at radius 3 is 2.50 bits per heavy atom. The first-order valence-corrected chi connectivity index (χ1v) is 8.88. The molecule has 3 aromatic rings. The lowest BCUT2D eigenvalue weighted by molar-refractivity contribution is 0.168. The zero-order valence-electron chi connectivity index (χ0n) is 14.9. The highest BCUT2D eigenvalue weighted by Gasteiger charge is 2.08. The van der Waals surface area contributed by atoms with Gasteiger partial charge in [0, 0.05) is 13.1 Å². The molecule has 0 amide bonds. The lowest BCUT2D eigenvalue weighted by Gasteiger charge is -2.20. The van der Waals surface area contributed by atoms with Crippen LogP contribution in [0.1, 0.15) is 13.3 Å². The Kier molecular flexibility index (Phi) is 6.46. The summed E-state index contributed by atoms with van der Waals surface area (Å²) in [6.45, 7) is 5.29. The first-order valence-electron chi connectivity index (χ1n) is 8.88. The molecule has 6 nitrogen and oxygen atoms in total. The number of oxazole rings is 1. The van der Waals surface area contributed by atoms with Crippen molar-refractivity contribution in [2.45, 2.75) is 13.3 Å². The summed E-state index contributed by atoms with van der Waals surface area (Å²) in [6.07, 6.45) is 1.28. The second kappa shape index (κ2) is 9.22. The first kappa shape index (κ1) is 18.2. The third kappa shape index (κ3) is 4.97. The highest BCUT2D eigenvalue weighted by molar-refractivity contribution is 5.72.